The molecular weight excluding hydrogens is 302 g/mol. The summed E-state index contributed by atoms with van der Waals surface area (Å²) in [5.41, 5.74) is 1.81. The van der Waals surface area contributed by atoms with Gasteiger partial charge in [-0.2, -0.15) is 0 Å². The molecule has 0 atom stereocenters. The van der Waals surface area contributed by atoms with Gasteiger partial charge in [0, 0.05) is 5.56 Å². The molecule has 1 aliphatic heterocycles. The molecule has 1 aromatic heterocycles. The van der Waals surface area contributed by atoms with Crippen molar-refractivity contribution in [3.8, 4) is 5.75 Å². The second-order valence-electron chi connectivity index (χ2n) is 4.61. The number of fused-ring (bicyclic) bond motifs is 1. The predicted octanol–water partition coefficient (Wildman–Crippen LogP) is 2.95. The van der Waals surface area contributed by atoms with Crippen LogP contribution in [0.4, 0.5) is 5.69 Å². The first-order chi connectivity index (χ1) is 10.7. The predicted molar refractivity (Wildman–Crippen MR) is 84.2 cm³/mol. The second-order valence-corrected chi connectivity index (χ2v) is 5.52. The van der Waals surface area contributed by atoms with Crippen LogP contribution in [-0.4, -0.2) is 25.6 Å². The molecule has 0 saturated heterocycles. The highest BCUT2D eigenvalue weighted by Crippen LogP contribution is 2.27. The summed E-state index contributed by atoms with van der Waals surface area (Å²) in [6.45, 7) is 0.195. The molecule has 0 unspecified atom stereocenters. The van der Waals surface area contributed by atoms with Gasteiger partial charge in [0.2, 0.25) is 0 Å². The van der Waals surface area contributed by atoms with Gasteiger partial charge in [-0.1, -0.05) is 18.2 Å². The highest BCUT2D eigenvalue weighted by atomic mass is 32.1. The molecule has 1 N–H and O–H groups in total. The van der Waals surface area contributed by atoms with E-state index in [2.05, 4.69) is 10.1 Å². The average molecular weight is 315 g/mol. The molecule has 0 bridgehead atoms. The molecule has 112 valence electrons. The smallest absolute Gasteiger partial charge is 0.350 e. The van der Waals surface area contributed by atoms with E-state index in [1.165, 1.54) is 18.4 Å². The molecule has 0 fully saturated rings. The van der Waals surface area contributed by atoms with Crippen LogP contribution in [-0.2, 0) is 9.53 Å². The van der Waals surface area contributed by atoms with Crippen molar-refractivity contribution in [3.05, 3.63) is 51.7 Å². The summed E-state index contributed by atoms with van der Waals surface area (Å²) in [7, 11) is 1.31. The fourth-order valence-corrected chi connectivity index (χ4v) is 2.87. The van der Waals surface area contributed by atoms with Crippen LogP contribution in [0.15, 0.2) is 41.3 Å². The molecule has 2 aromatic rings. The van der Waals surface area contributed by atoms with E-state index in [0.29, 0.717) is 16.1 Å². The molecule has 22 heavy (non-hydrogen) atoms. The zero-order valence-corrected chi connectivity index (χ0v) is 12.6. The number of para-hydroxylation sites is 1. The maximum atomic E-state index is 12.3. The maximum absolute atomic E-state index is 12.3. The number of amides is 1. The highest BCUT2D eigenvalue weighted by molar-refractivity contribution is 7.12. The number of thiophene rings is 1. The summed E-state index contributed by atoms with van der Waals surface area (Å²) in [6, 6.07) is 9.17. The van der Waals surface area contributed by atoms with Gasteiger partial charge in [0.25, 0.3) is 5.91 Å². The lowest BCUT2D eigenvalue weighted by Gasteiger charge is -2.17. The molecule has 2 heterocycles. The Kier molecular flexibility index (Phi) is 3.93. The van der Waals surface area contributed by atoms with Crippen molar-refractivity contribution in [2.45, 2.75) is 0 Å². The Labute approximate surface area is 131 Å². The normalized spacial score (nSPS) is 12.7. The van der Waals surface area contributed by atoms with Crippen LogP contribution >= 0.6 is 11.3 Å². The Morgan fingerprint density at radius 1 is 1.27 bits per heavy atom. The second kappa shape index (κ2) is 6.03. The molecule has 0 spiro atoms. The van der Waals surface area contributed by atoms with Crippen molar-refractivity contribution in [2.75, 3.05) is 19.0 Å². The first-order valence-corrected chi connectivity index (χ1v) is 7.46. The van der Waals surface area contributed by atoms with Crippen molar-refractivity contribution >= 4 is 35.0 Å². The molecule has 6 heteroatoms. The molecule has 1 aromatic carbocycles. The molecule has 5 nitrogen and oxygen atoms in total. The van der Waals surface area contributed by atoms with Gasteiger partial charge in [-0.15, -0.1) is 11.3 Å². The molecule has 3 rings (SSSR count). The van der Waals surface area contributed by atoms with Crippen molar-refractivity contribution in [3.63, 3.8) is 0 Å². The van der Waals surface area contributed by atoms with E-state index in [0.717, 1.165) is 11.3 Å². The number of carbonyl (C=O) groups is 2. The molecular formula is C16H13NO4S. The number of anilines is 1. The fraction of sp³-hybridized carbons (Fsp3) is 0.125. The van der Waals surface area contributed by atoms with Gasteiger partial charge < -0.3 is 14.8 Å². The summed E-state index contributed by atoms with van der Waals surface area (Å²) in [5.74, 6) is -0.00703. The monoisotopic (exact) mass is 315 g/mol. The number of nitrogens with one attached hydrogen (secondary N) is 1. The van der Waals surface area contributed by atoms with E-state index in [1.807, 2.05) is 24.3 Å². The van der Waals surface area contributed by atoms with Crippen LogP contribution in [0.3, 0.4) is 0 Å². The zero-order chi connectivity index (χ0) is 15.5. The SMILES string of the molecule is COC(=O)c1sccc1NC(=O)C1=Cc2ccccc2OC1. The van der Waals surface area contributed by atoms with Gasteiger partial charge in [0.15, 0.2) is 0 Å². The van der Waals surface area contributed by atoms with E-state index in [1.54, 1.807) is 17.5 Å². The number of benzene rings is 1. The Morgan fingerprint density at radius 3 is 2.91 bits per heavy atom. The van der Waals surface area contributed by atoms with Crippen molar-refractivity contribution in [1.29, 1.82) is 0 Å². The minimum atomic E-state index is -0.468. The summed E-state index contributed by atoms with van der Waals surface area (Å²) >= 11 is 1.22. The minimum absolute atomic E-state index is 0.195. The third-order valence-corrected chi connectivity index (χ3v) is 4.10. The lowest BCUT2D eigenvalue weighted by molar-refractivity contribution is -0.113. The lowest BCUT2D eigenvalue weighted by Crippen LogP contribution is -2.21. The quantitative estimate of drug-likeness (QED) is 0.885. The summed E-state index contributed by atoms with van der Waals surface area (Å²) in [5, 5.41) is 4.45. The van der Waals surface area contributed by atoms with Gasteiger partial charge in [0.05, 0.1) is 18.4 Å². The third kappa shape index (κ3) is 2.73. The Morgan fingerprint density at radius 2 is 2.09 bits per heavy atom. The summed E-state index contributed by atoms with van der Waals surface area (Å²) in [6.07, 6.45) is 1.79. The Hall–Kier alpha value is -2.60. The number of rotatable bonds is 3. The Bertz CT molecular complexity index is 763. The topological polar surface area (TPSA) is 64.6 Å². The van der Waals surface area contributed by atoms with Gasteiger partial charge in [-0.05, 0) is 23.6 Å². The fourth-order valence-electron chi connectivity index (χ4n) is 2.11. The minimum Gasteiger partial charge on any atom is -0.488 e. The van der Waals surface area contributed by atoms with E-state index < -0.39 is 5.97 Å². The molecule has 1 amide bonds. The third-order valence-electron chi connectivity index (χ3n) is 3.21. The first-order valence-electron chi connectivity index (χ1n) is 6.58. The average Bonchev–Trinajstić information content (AvgIpc) is 3.01. The first kappa shape index (κ1) is 14.3. The molecule has 1 aliphatic rings. The highest BCUT2D eigenvalue weighted by Gasteiger charge is 2.20. The summed E-state index contributed by atoms with van der Waals surface area (Å²) in [4.78, 5) is 24.3. The number of hydrogen-bond donors (Lipinski definition) is 1. The standard InChI is InChI=1S/C16H13NO4S/c1-20-16(19)14-12(6-7-22-14)17-15(18)11-8-10-4-2-3-5-13(10)21-9-11/h2-8H,9H2,1H3,(H,17,18). The molecule has 0 aliphatic carbocycles. The van der Waals surface area contributed by atoms with Gasteiger partial charge in [-0.25, -0.2) is 4.79 Å². The van der Waals surface area contributed by atoms with Crippen molar-refractivity contribution < 1.29 is 19.1 Å². The van der Waals surface area contributed by atoms with E-state index in [9.17, 15) is 9.59 Å². The summed E-state index contributed by atoms with van der Waals surface area (Å²) < 4.78 is 10.2. The zero-order valence-electron chi connectivity index (χ0n) is 11.8. The van der Waals surface area contributed by atoms with E-state index in [4.69, 9.17) is 4.74 Å². The van der Waals surface area contributed by atoms with Gasteiger partial charge in [-0.3, -0.25) is 4.79 Å². The number of methoxy groups -OCH3 is 1. The van der Waals surface area contributed by atoms with Crippen LogP contribution in [0.1, 0.15) is 15.2 Å². The number of esters is 1. The van der Waals surface area contributed by atoms with Crippen LogP contribution in [0.5, 0.6) is 5.75 Å². The van der Waals surface area contributed by atoms with Crippen LogP contribution in [0.25, 0.3) is 6.08 Å². The molecule has 0 radical (unpaired) electrons. The van der Waals surface area contributed by atoms with Crippen molar-refractivity contribution in [1.82, 2.24) is 0 Å². The largest absolute Gasteiger partial charge is 0.488 e. The van der Waals surface area contributed by atoms with Crippen LogP contribution in [0.2, 0.25) is 0 Å². The maximum Gasteiger partial charge on any atom is 0.350 e. The number of carbonyl (C=O) groups excluding carboxylic acids is 2. The Balaban J connectivity index is 1.80. The van der Waals surface area contributed by atoms with E-state index in [-0.39, 0.29) is 12.5 Å². The van der Waals surface area contributed by atoms with Crippen LogP contribution < -0.4 is 10.1 Å². The number of ether oxygens (including phenoxy) is 2. The van der Waals surface area contributed by atoms with Gasteiger partial charge in [0.1, 0.15) is 17.2 Å². The number of hydrogen-bond acceptors (Lipinski definition) is 5. The molecule has 0 saturated carbocycles. The van der Waals surface area contributed by atoms with Crippen molar-refractivity contribution in [2.24, 2.45) is 0 Å². The van der Waals surface area contributed by atoms with E-state index >= 15 is 0 Å². The van der Waals surface area contributed by atoms with Gasteiger partial charge >= 0.3 is 5.97 Å². The van der Waals surface area contributed by atoms with Crippen LogP contribution in [0, 0.1) is 0 Å². The lowest BCUT2D eigenvalue weighted by atomic mass is 10.1.